The van der Waals surface area contributed by atoms with Gasteiger partial charge < -0.3 is 16.0 Å². The van der Waals surface area contributed by atoms with E-state index in [2.05, 4.69) is 5.32 Å². The number of likely N-dealkylation sites (tertiary alicyclic amines) is 1. The van der Waals surface area contributed by atoms with Crippen LogP contribution < -0.4 is 11.1 Å². The lowest BCUT2D eigenvalue weighted by Gasteiger charge is -2.30. The highest BCUT2D eigenvalue weighted by Crippen LogP contribution is 2.22. The first-order chi connectivity index (χ1) is 9.04. The van der Waals surface area contributed by atoms with Crippen LogP contribution in [0.1, 0.15) is 12.8 Å². The molecule has 1 saturated heterocycles. The van der Waals surface area contributed by atoms with E-state index in [9.17, 15) is 4.79 Å². The highest BCUT2D eigenvalue weighted by molar-refractivity contribution is 6.35. The van der Waals surface area contributed by atoms with Gasteiger partial charge in [-0.2, -0.15) is 0 Å². The molecule has 1 aromatic carbocycles. The van der Waals surface area contributed by atoms with Gasteiger partial charge in [-0.3, -0.25) is 4.79 Å². The Bertz CT molecular complexity index is 447. The standard InChI is InChI=1S/C13H17Cl2N3O/c14-9-4-10(15)6-12(5-9)17-7-13(19)18-3-1-2-11(16)8-18/h4-6,11,17H,1-3,7-8,16H2/t11-/m0/s1. The van der Waals surface area contributed by atoms with E-state index in [1.54, 1.807) is 23.1 Å². The van der Waals surface area contributed by atoms with Crippen molar-refractivity contribution < 1.29 is 4.79 Å². The van der Waals surface area contributed by atoms with Crippen molar-refractivity contribution in [3.63, 3.8) is 0 Å². The van der Waals surface area contributed by atoms with Gasteiger partial charge in [-0.05, 0) is 31.0 Å². The van der Waals surface area contributed by atoms with Crippen molar-refractivity contribution in [1.29, 1.82) is 0 Å². The van der Waals surface area contributed by atoms with Gasteiger partial charge in [0, 0.05) is 34.9 Å². The van der Waals surface area contributed by atoms with Crippen LogP contribution in [0.3, 0.4) is 0 Å². The second-order valence-corrected chi connectivity index (χ2v) is 5.63. The minimum absolute atomic E-state index is 0.0475. The molecule has 19 heavy (non-hydrogen) atoms. The van der Waals surface area contributed by atoms with Gasteiger partial charge in [-0.25, -0.2) is 0 Å². The van der Waals surface area contributed by atoms with Crippen molar-refractivity contribution in [2.45, 2.75) is 18.9 Å². The number of amides is 1. The first-order valence-electron chi connectivity index (χ1n) is 6.28. The third kappa shape index (κ3) is 4.27. The first-order valence-corrected chi connectivity index (χ1v) is 7.03. The van der Waals surface area contributed by atoms with E-state index in [0.29, 0.717) is 16.6 Å². The van der Waals surface area contributed by atoms with E-state index in [-0.39, 0.29) is 18.5 Å². The SMILES string of the molecule is N[C@H]1CCCN(C(=O)CNc2cc(Cl)cc(Cl)c2)C1. The molecule has 0 spiro atoms. The summed E-state index contributed by atoms with van der Waals surface area (Å²) < 4.78 is 0. The van der Waals surface area contributed by atoms with Gasteiger partial charge in [0.25, 0.3) is 0 Å². The number of carbonyl (C=O) groups excluding carboxylic acids is 1. The number of nitrogens with zero attached hydrogens (tertiary/aromatic N) is 1. The van der Waals surface area contributed by atoms with Crippen molar-refractivity contribution >= 4 is 34.8 Å². The fraction of sp³-hybridized carbons (Fsp3) is 0.462. The molecule has 0 bridgehead atoms. The zero-order chi connectivity index (χ0) is 13.8. The number of hydrogen-bond acceptors (Lipinski definition) is 3. The van der Waals surface area contributed by atoms with Crippen LogP contribution in [0.25, 0.3) is 0 Å². The molecule has 0 aromatic heterocycles. The Morgan fingerprint density at radius 2 is 2.05 bits per heavy atom. The number of hydrogen-bond donors (Lipinski definition) is 2. The fourth-order valence-corrected chi connectivity index (χ4v) is 2.71. The maximum Gasteiger partial charge on any atom is 0.241 e. The Morgan fingerprint density at radius 1 is 1.37 bits per heavy atom. The number of piperidine rings is 1. The van der Waals surface area contributed by atoms with Crippen molar-refractivity contribution in [1.82, 2.24) is 4.90 Å². The van der Waals surface area contributed by atoms with Crippen LogP contribution in [0.2, 0.25) is 10.0 Å². The Morgan fingerprint density at radius 3 is 2.68 bits per heavy atom. The topological polar surface area (TPSA) is 58.4 Å². The average molecular weight is 302 g/mol. The predicted molar refractivity (Wildman–Crippen MR) is 78.7 cm³/mol. The molecule has 1 atom stereocenters. The molecule has 0 saturated carbocycles. The molecule has 1 amide bonds. The number of nitrogens with one attached hydrogen (secondary N) is 1. The van der Waals surface area contributed by atoms with Crippen LogP contribution in [-0.2, 0) is 4.79 Å². The van der Waals surface area contributed by atoms with Crippen LogP contribution in [-0.4, -0.2) is 36.5 Å². The predicted octanol–water partition coefficient (Wildman–Crippen LogP) is 2.36. The summed E-state index contributed by atoms with van der Waals surface area (Å²) in [7, 11) is 0. The summed E-state index contributed by atoms with van der Waals surface area (Å²) in [6.45, 7) is 1.64. The summed E-state index contributed by atoms with van der Waals surface area (Å²) in [5, 5.41) is 4.13. The van der Waals surface area contributed by atoms with Crippen molar-refractivity contribution in [2.24, 2.45) is 5.73 Å². The summed E-state index contributed by atoms with van der Waals surface area (Å²) in [5.41, 5.74) is 6.60. The second kappa shape index (κ2) is 6.46. The van der Waals surface area contributed by atoms with Crippen LogP contribution in [0.15, 0.2) is 18.2 Å². The maximum atomic E-state index is 12.0. The van der Waals surface area contributed by atoms with E-state index in [4.69, 9.17) is 28.9 Å². The molecule has 0 unspecified atom stereocenters. The number of anilines is 1. The van der Waals surface area contributed by atoms with Gasteiger partial charge >= 0.3 is 0 Å². The number of nitrogens with two attached hydrogens (primary N) is 1. The third-order valence-electron chi connectivity index (χ3n) is 3.12. The monoisotopic (exact) mass is 301 g/mol. The summed E-state index contributed by atoms with van der Waals surface area (Å²) in [4.78, 5) is 13.8. The first kappa shape index (κ1) is 14.4. The van der Waals surface area contributed by atoms with Gasteiger partial charge in [-0.1, -0.05) is 23.2 Å². The van der Waals surface area contributed by atoms with E-state index in [1.807, 2.05) is 0 Å². The molecule has 1 fully saturated rings. The van der Waals surface area contributed by atoms with Crippen LogP contribution in [0, 0.1) is 0 Å². The lowest BCUT2D eigenvalue weighted by atomic mass is 10.1. The molecule has 3 N–H and O–H groups in total. The van der Waals surface area contributed by atoms with E-state index < -0.39 is 0 Å². The number of benzene rings is 1. The van der Waals surface area contributed by atoms with Crippen LogP contribution in [0.5, 0.6) is 0 Å². The van der Waals surface area contributed by atoms with Gasteiger partial charge in [0.1, 0.15) is 0 Å². The van der Waals surface area contributed by atoms with Gasteiger partial charge in [-0.15, -0.1) is 0 Å². The number of halogens is 2. The highest BCUT2D eigenvalue weighted by Gasteiger charge is 2.20. The van der Waals surface area contributed by atoms with Crippen molar-refractivity contribution in [3.05, 3.63) is 28.2 Å². The number of carbonyl (C=O) groups is 1. The van der Waals surface area contributed by atoms with Gasteiger partial charge in [0.05, 0.1) is 6.54 Å². The van der Waals surface area contributed by atoms with Crippen LogP contribution >= 0.6 is 23.2 Å². The Hall–Kier alpha value is -0.970. The second-order valence-electron chi connectivity index (χ2n) is 4.75. The molecule has 1 aromatic rings. The summed E-state index contributed by atoms with van der Waals surface area (Å²) in [5.74, 6) is 0.0475. The molecule has 2 rings (SSSR count). The normalized spacial score (nSPS) is 19.3. The summed E-state index contributed by atoms with van der Waals surface area (Å²) in [6, 6.07) is 5.23. The smallest absolute Gasteiger partial charge is 0.241 e. The molecule has 1 aliphatic rings. The molecule has 0 aliphatic carbocycles. The molecule has 1 heterocycles. The molecular formula is C13H17Cl2N3O. The number of rotatable bonds is 3. The molecular weight excluding hydrogens is 285 g/mol. The molecule has 6 heteroatoms. The summed E-state index contributed by atoms with van der Waals surface area (Å²) in [6.07, 6.45) is 1.96. The highest BCUT2D eigenvalue weighted by atomic mass is 35.5. The van der Waals surface area contributed by atoms with E-state index in [0.717, 1.165) is 25.1 Å². The van der Waals surface area contributed by atoms with Crippen molar-refractivity contribution in [2.75, 3.05) is 25.0 Å². The minimum atomic E-state index is 0.0475. The van der Waals surface area contributed by atoms with Crippen LogP contribution in [0.4, 0.5) is 5.69 Å². The van der Waals surface area contributed by atoms with E-state index in [1.165, 1.54) is 0 Å². The van der Waals surface area contributed by atoms with Gasteiger partial charge in [0.15, 0.2) is 0 Å². The summed E-state index contributed by atoms with van der Waals surface area (Å²) >= 11 is 11.8. The molecule has 4 nitrogen and oxygen atoms in total. The average Bonchev–Trinajstić information content (AvgIpc) is 2.35. The maximum absolute atomic E-state index is 12.0. The minimum Gasteiger partial charge on any atom is -0.376 e. The third-order valence-corrected chi connectivity index (χ3v) is 3.55. The lowest BCUT2D eigenvalue weighted by Crippen LogP contribution is -2.47. The Kier molecular flexibility index (Phi) is 4.91. The van der Waals surface area contributed by atoms with Crippen molar-refractivity contribution in [3.8, 4) is 0 Å². The zero-order valence-electron chi connectivity index (χ0n) is 10.5. The fourth-order valence-electron chi connectivity index (χ4n) is 2.18. The lowest BCUT2D eigenvalue weighted by molar-refractivity contribution is -0.130. The van der Waals surface area contributed by atoms with E-state index >= 15 is 0 Å². The zero-order valence-corrected chi connectivity index (χ0v) is 12.0. The molecule has 104 valence electrons. The Balaban J connectivity index is 1.89. The molecule has 0 radical (unpaired) electrons. The largest absolute Gasteiger partial charge is 0.376 e. The quantitative estimate of drug-likeness (QED) is 0.901. The molecule has 1 aliphatic heterocycles. The van der Waals surface area contributed by atoms with Gasteiger partial charge in [0.2, 0.25) is 5.91 Å². The Labute approximate surface area is 122 Å².